The Morgan fingerprint density at radius 3 is 2.74 bits per heavy atom. The van der Waals surface area contributed by atoms with Gasteiger partial charge in [-0.25, -0.2) is 19.7 Å². The highest BCUT2D eigenvalue weighted by Crippen LogP contribution is 2.28. The minimum Gasteiger partial charge on any atom is -0.433 e. The van der Waals surface area contributed by atoms with Crippen LogP contribution in [0.2, 0.25) is 0 Å². The van der Waals surface area contributed by atoms with E-state index in [0.717, 1.165) is 58.1 Å². The van der Waals surface area contributed by atoms with Crippen LogP contribution in [-0.2, 0) is 14.3 Å². The van der Waals surface area contributed by atoms with Gasteiger partial charge in [-0.15, -0.1) is 0 Å². The van der Waals surface area contributed by atoms with Gasteiger partial charge in [0.2, 0.25) is 0 Å². The second-order valence-electron chi connectivity index (χ2n) is 9.60. The fourth-order valence-electron chi connectivity index (χ4n) is 4.70. The summed E-state index contributed by atoms with van der Waals surface area (Å²) in [6.07, 6.45) is 10.3. The maximum atomic E-state index is 11.6. The number of carbonyl (C=O) groups is 1. The van der Waals surface area contributed by atoms with Crippen LogP contribution in [-0.4, -0.2) is 69.1 Å². The predicted octanol–water partition coefficient (Wildman–Crippen LogP) is 5.24. The van der Waals surface area contributed by atoms with Gasteiger partial charge in [0, 0.05) is 48.2 Å². The van der Waals surface area contributed by atoms with Crippen LogP contribution < -0.4 is 4.90 Å². The Morgan fingerprint density at radius 2 is 1.88 bits per heavy atom. The maximum absolute atomic E-state index is 11.6. The molecule has 1 aliphatic heterocycles. The molecule has 0 spiro atoms. The predicted molar refractivity (Wildman–Crippen MR) is 160 cm³/mol. The number of fused-ring (bicyclic) bond motifs is 2. The molecule has 1 saturated heterocycles. The van der Waals surface area contributed by atoms with Gasteiger partial charge in [-0.3, -0.25) is 14.2 Å². The smallest absolute Gasteiger partial charge is 0.433 e. The van der Waals surface area contributed by atoms with Gasteiger partial charge in [0.25, 0.3) is 0 Å². The molecule has 0 unspecified atom stereocenters. The fourth-order valence-corrected chi connectivity index (χ4v) is 4.70. The average Bonchev–Trinajstić information content (AvgIpc) is 3.47. The molecule has 5 heterocycles. The number of nitrogens with zero attached hydrogens (tertiary/aromatic N) is 7. The third-order valence-corrected chi connectivity index (χ3v) is 6.82. The first-order valence-corrected chi connectivity index (χ1v) is 13.7. The highest BCUT2D eigenvalue weighted by Gasteiger charge is 2.20. The summed E-state index contributed by atoms with van der Waals surface area (Å²) in [5.74, 6) is 0.787. The Morgan fingerprint density at radius 1 is 1.05 bits per heavy atom. The monoisotopic (exact) mass is 563 g/mol. The van der Waals surface area contributed by atoms with Crippen LogP contribution in [0, 0.1) is 0 Å². The molecule has 0 N–H and O–H groups in total. The van der Waals surface area contributed by atoms with Gasteiger partial charge in [-0.1, -0.05) is 29.4 Å². The minimum atomic E-state index is -0.858. The van der Waals surface area contributed by atoms with Crippen LogP contribution in [0.25, 0.3) is 40.0 Å². The number of para-hydroxylation sites is 1. The number of aromatic nitrogens is 5. The zero-order valence-corrected chi connectivity index (χ0v) is 23.3. The van der Waals surface area contributed by atoms with Gasteiger partial charge in [-0.05, 0) is 44.2 Å². The number of morpholine rings is 1. The lowest BCUT2D eigenvalue weighted by Gasteiger charge is -2.28. The molecule has 11 nitrogen and oxygen atoms in total. The first-order chi connectivity index (χ1) is 20.6. The van der Waals surface area contributed by atoms with Crippen molar-refractivity contribution in [2.24, 2.45) is 5.16 Å². The third kappa shape index (κ3) is 5.81. The van der Waals surface area contributed by atoms with E-state index in [1.807, 2.05) is 65.3 Å². The third-order valence-electron chi connectivity index (χ3n) is 6.82. The molecule has 5 aromatic rings. The first kappa shape index (κ1) is 27.0. The largest absolute Gasteiger partial charge is 0.535 e. The van der Waals surface area contributed by atoms with Gasteiger partial charge < -0.3 is 14.4 Å². The van der Waals surface area contributed by atoms with Crippen LogP contribution in [0.5, 0.6) is 0 Å². The number of ether oxygens (including phenoxy) is 2. The molecular formula is C31H29N7O4. The van der Waals surface area contributed by atoms with E-state index in [9.17, 15) is 4.79 Å². The molecule has 0 amide bonds. The number of hydrogen-bond acceptors (Lipinski definition) is 10. The number of rotatable bonds is 7. The summed E-state index contributed by atoms with van der Waals surface area (Å²) < 4.78 is 12.4. The molecule has 0 aliphatic carbocycles. The first-order valence-electron chi connectivity index (χ1n) is 13.7. The molecule has 0 bridgehead atoms. The van der Waals surface area contributed by atoms with E-state index in [1.54, 1.807) is 26.2 Å². The molecule has 1 aliphatic rings. The number of hydrogen-bond donors (Lipinski definition) is 0. The number of oxime groups is 1. The number of pyridine rings is 2. The van der Waals surface area contributed by atoms with E-state index in [1.165, 1.54) is 0 Å². The number of benzene rings is 1. The highest BCUT2D eigenvalue weighted by atomic mass is 16.8. The lowest BCUT2D eigenvalue weighted by molar-refractivity contribution is 0.0613. The summed E-state index contributed by atoms with van der Waals surface area (Å²) in [4.78, 5) is 37.5. The SMILES string of the molecule is CCOC(=O)O/N=C(/C)c1cncc(-c2cnc(N3CCOCC3)c3nc(/C=C/c4ccc5ccccc5n4)cn23)c1. The van der Waals surface area contributed by atoms with Crippen molar-refractivity contribution in [3.05, 3.63) is 84.2 Å². The van der Waals surface area contributed by atoms with Crippen molar-refractivity contribution in [3.63, 3.8) is 0 Å². The van der Waals surface area contributed by atoms with Crippen molar-refractivity contribution in [1.29, 1.82) is 0 Å². The minimum absolute atomic E-state index is 0.203. The van der Waals surface area contributed by atoms with E-state index >= 15 is 0 Å². The van der Waals surface area contributed by atoms with Crippen molar-refractivity contribution in [2.45, 2.75) is 13.8 Å². The van der Waals surface area contributed by atoms with Crippen LogP contribution in [0.3, 0.4) is 0 Å². The molecule has 1 fully saturated rings. The highest BCUT2D eigenvalue weighted by molar-refractivity contribution is 5.99. The normalized spacial score (nSPS) is 14.1. The second-order valence-corrected chi connectivity index (χ2v) is 9.60. The molecule has 1 aromatic carbocycles. The van der Waals surface area contributed by atoms with Gasteiger partial charge in [0.15, 0.2) is 11.5 Å². The summed E-state index contributed by atoms with van der Waals surface area (Å²) in [5, 5.41) is 4.99. The fraction of sp³-hybridized carbons (Fsp3) is 0.226. The van der Waals surface area contributed by atoms with Crippen LogP contribution >= 0.6 is 0 Å². The standard InChI is InChI=1S/C31H29N7O4/c1-3-41-31(39)42-36-21(2)23-16-24(18-32-17-23)28-19-33-29(37-12-14-40-15-13-37)30-35-26(20-38(28)30)11-10-25-9-8-22-6-4-5-7-27(22)34-25/h4-11,16-20H,3,12-15H2,1-2H3/b11-10+,36-21-. The Hall–Kier alpha value is -5.16. The molecular weight excluding hydrogens is 534 g/mol. The summed E-state index contributed by atoms with van der Waals surface area (Å²) in [5.41, 5.74) is 6.03. The van der Waals surface area contributed by atoms with Crippen molar-refractivity contribution in [3.8, 4) is 11.3 Å². The van der Waals surface area contributed by atoms with Gasteiger partial charge in [0.1, 0.15) is 0 Å². The molecule has 0 saturated carbocycles. The molecule has 4 aromatic heterocycles. The molecule has 11 heteroatoms. The van der Waals surface area contributed by atoms with E-state index in [2.05, 4.69) is 21.1 Å². The van der Waals surface area contributed by atoms with Crippen molar-refractivity contribution in [2.75, 3.05) is 37.8 Å². The number of carbonyl (C=O) groups excluding carboxylic acids is 1. The Balaban J connectivity index is 1.37. The van der Waals surface area contributed by atoms with Crippen LogP contribution in [0.1, 0.15) is 30.8 Å². The molecule has 0 radical (unpaired) electrons. The number of imidazole rings is 1. The van der Waals surface area contributed by atoms with E-state index in [-0.39, 0.29) is 6.61 Å². The van der Waals surface area contributed by atoms with Crippen LogP contribution in [0.4, 0.5) is 10.6 Å². The quantitative estimate of drug-likeness (QED) is 0.113. The molecule has 6 rings (SSSR count). The van der Waals surface area contributed by atoms with E-state index in [0.29, 0.717) is 24.5 Å². The van der Waals surface area contributed by atoms with E-state index in [4.69, 9.17) is 29.3 Å². The Bertz CT molecular complexity index is 1810. The topological polar surface area (TPSA) is 116 Å². The van der Waals surface area contributed by atoms with Crippen molar-refractivity contribution >= 4 is 46.4 Å². The lowest BCUT2D eigenvalue weighted by Crippen LogP contribution is -2.37. The molecule has 0 atom stereocenters. The molecule has 212 valence electrons. The summed E-state index contributed by atoms with van der Waals surface area (Å²) in [6, 6.07) is 14.0. The summed E-state index contributed by atoms with van der Waals surface area (Å²) >= 11 is 0. The number of anilines is 1. The van der Waals surface area contributed by atoms with Gasteiger partial charge in [-0.2, -0.15) is 0 Å². The average molecular weight is 564 g/mol. The maximum Gasteiger partial charge on any atom is 0.535 e. The van der Waals surface area contributed by atoms with E-state index < -0.39 is 6.16 Å². The van der Waals surface area contributed by atoms with Crippen molar-refractivity contribution < 1.29 is 19.1 Å². The Labute approximate surface area is 242 Å². The zero-order valence-electron chi connectivity index (χ0n) is 23.3. The van der Waals surface area contributed by atoms with Gasteiger partial charge >= 0.3 is 6.16 Å². The summed E-state index contributed by atoms with van der Waals surface area (Å²) in [7, 11) is 0. The summed E-state index contributed by atoms with van der Waals surface area (Å²) in [6.45, 7) is 6.36. The zero-order chi connectivity index (χ0) is 28.9. The van der Waals surface area contributed by atoms with Gasteiger partial charge in [0.05, 0.1) is 54.3 Å². The lowest BCUT2D eigenvalue weighted by atomic mass is 10.1. The van der Waals surface area contributed by atoms with Crippen molar-refractivity contribution in [1.82, 2.24) is 24.3 Å². The Kier molecular flexibility index (Phi) is 7.82. The molecule has 42 heavy (non-hydrogen) atoms. The van der Waals surface area contributed by atoms with Crippen LogP contribution in [0.15, 0.2) is 72.4 Å². The second kappa shape index (κ2) is 12.1.